The Hall–Kier alpha value is -1.72. The summed E-state index contributed by atoms with van der Waals surface area (Å²) >= 11 is 6.07. The van der Waals surface area contributed by atoms with Crippen LogP contribution in [0, 0.1) is 17.7 Å². The van der Waals surface area contributed by atoms with Crippen LogP contribution in [0.4, 0.5) is 10.2 Å². The maximum Gasteiger partial charge on any atom is 0.148 e. The normalized spacial score (nSPS) is 26.5. The molecular formula is C15H14ClFN4. The van der Waals surface area contributed by atoms with E-state index in [1.807, 2.05) is 12.1 Å². The van der Waals surface area contributed by atoms with Crippen molar-refractivity contribution in [3.05, 3.63) is 41.2 Å². The van der Waals surface area contributed by atoms with E-state index in [2.05, 4.69) is 20.8 Å². The SMILES string of the molecule is Fc1ccc(Cl)c(-c2ccc(NC3C4CNCC43)nn2)c1. The minimum absolute atomic E-state index is 0.336. The molecular weight excluding hydrogens is 291 g/mol. The number of hydrogen-bond acceptors (Lipinski definition) is 4. The second-order valence-corrected chi connectivity index (χ2v) is 5.99. The number of rotatable bonds is 3. The van der Waals surface area contributed by atoms with Crippen LogP contribution in [0.25, 0.3) is 11.3 Å². The van der Waals surface area contributed by atoms with Crippen LogP contribution in [0.1, 0.15) is 0 Å². The molecule has 108 valence electrons. The molecule has 2 aromatic rings. The van der Waals surface area contributed by atoms with E-state index in [0.717, 1.165) is 18.9 Å². The van der Waals surface area contributed by atoms with Gasteiger partial charge in [-0.3, -0.25) is 0 Å². The number of nitrogens with one attached hydrogen (secondary N) is 2. The van der Waals surface area contributed by atoms with E-state index in [9.17, 15) is 4.39 Å². The van der Waals surface area contributed by atoms with E-state index in [-0.39, 0.29) is 5.82 Å². The standard InChI is InChI=1S/C15H14ClFN4/c16-12-2-1-8(17)5-9(12)13-3-4-14(21-20-13)19-15-10-6-18-7-11(10)15/h1-5,10-11,15,18H,6-7H2,(H,19,21). The van der Waals surface area contributed by atoms with Gasteiger partial charge in [0, 0.05) is 24.7 Å². The lowest BCUT2D eigenvalue weighted by molar-refractivity contribution is 0.628. The first-order valence-corrected chi connectivity index (χ1v) is 7.36. The maximum atomic E-state index is 13.3. The predicted octanol–water partition coefficient (Wildman–Crippen LogP) is 2.57. The fourth-order valence-corrected chi connectivity index (χ4v) is 3.26. The summed E-state index contributed by atoms with van der Waals surface area (Å²) in [7, 11) is 0. The van der Waals surface area contributed by atoms with Gasteiger partial charge in [-0.25, -0.2) is 4.39 Å². The number of piperidine rings is 1. The zero-order valence-corrected chi connectivity index (χ0v) is 11.9. The van der Waals surface area contributed by atoms with Crippen molar-refractivity contribution in [3.63, 3.8) is 0 Å². The fourth-order valence-electron chi connectivity index (χ4n) is 3.05. The first-order chi connectivity index (χ1) is 10.2. The number of anilines is 1. The molecule has 0 spiro atoms. The van der Waals surface area contributed by atoms with Gasteiger partial charge in [-0.15, -0.1) is 10.2 Å². The molecule has 2 atom stereocenters. The minimum atomic E-state index is -0.336. The zero-order chi connectivity index (χ0) is 14.4. The van der Waals surface area contributed by atoms with Crippen molar-refractivity contribution in [1.29, 1.82) is 0 Å². The van der Waals surface area contributed by atoms with E-state index < -0.39 is 0 Å². The van der Waals surface area contributed by atoms with Crippen molar-refractivity contribution >= 4 is 17.4 Å². The highest BCUT2D eigenvalue weighted by Crippen LogP contribution is 2.43. The Labute approximate surface area is 126 Å². The molecule has 0 amide bonds. The van der Waals surface area contributed by atoms with Gasteiger partial charge in [-0.2, -0.15) is 0 Å². The van der Waals surface area contributed by atoms with Crippen molar-refractivity contribution in [2.45, 2.75) is 6.04 Å². The van der Waals surface area contributed by atoms with E-state index in [1.165, 1.54) is 18.2 Å². The molecule has 1 saturated heterocycles. The maximum absolute atomic E-state index is 13.3. The highest BCUT2D eigenvalue weighted by molar-refractivity contribution is 6.33. The van der Waals surface area contributed by atoms with Crippen LogP contribution in [0.2, 0.25) is 5.02 Å². The van der Waals surface area contributed by atoms with E-state index >= 15 is 0 Å². The van der Waals surface area contributed by atoms with Gasteiger partial charge in [0.25, 0.3) is 0 Å². The first-order valence-electron chi connectivity index (χ1n) is 6.99. The Morgan fingerprint density at radius 2 is 1.95 bits per heavy atom. The van der Waals surface area contributed by atoms with E-state index in [4.69, 9.17) is 11.6 Å². The molecule has 2 heterocycles. The molecule has 2 fully saturated rings. The molecule has 1 aliphatic heterocycles. The van der Waals surface area contributed by atoms with Gasteiger partial charge >= 0.3 is 0 Å². The van der Waals surface area contributed by atoms with Gasteiger partial charge in [0.1, 0.15) is 11.6 Å². The Kier molecular flexibility index (Phi) is 3.05. The van der Waals surface area contributed by atoms with Crippen LogP contribution in [-0.4, -0.2) is 29.3 Å². The number of fused-ring (bicyclic) bond motifs is 1. The molecule has 2 unspecified atom stereocenters. The highest BCUT2D eigenvalue weighted by atomic mass is 35.5. The number of aromatic nitrogens is 2. The molecule has 1 aromatic carbocycles. The quantitative estimate of drug-likeness (QED) is 0.915. The minimum Gasteiger partial charge on any atom is -0.365 e. The summed E-state index contributed by atoms with van der Waals surface area (Å²) < 4.78 is 13.3. The number of halogens is 2. The van der Waals surface area contributed by atoms with E-state index in [1.54, 1.807) is 0 Å². The van der Waals surface area contributed by atoms with E-state index in [0.29, 0.717) is 34.2 Å². The highest BCUT2D eigenvalue weighted by Gasteiger charge is 2.53. The third kappa shape index (κ3) is 2.36. The second kappa shape index (κ2) is 4.93. The van der Waals surface area contributed by atoms with Crippen molar-refractivity contribution in [2.24, 2.45) is 11.8 Å². The fraction of sp³-hybridized carbons (Fsp3) is 0.333. The molecule has 4 nitrogen and oxygen atoms in total. The topological polar surface area (TPSA) is 49.8 Å². The first kappa shape index (κ1) is 13.0. The Balaban J connectivity index is 1.52. The molecule has 0 radical (unpaired) electrons. The molecule has 4 rings (SSSR count). The Morgan fingerprint density at radius 3 is 2.67 bits per heavy atom. The van der Waals surface area contributed by atoms with Gasteiger partial charge in [0.2, 0.25) is 0 Å². The van der Waals surface area contributed by atoms with Crippen molar-refractivity contribution in [3.8, 4) is 11.3 Å². The molecule has 1 saturated carbocycles. The summed E-state index contributed by atoms with van der Waals surface area (Å²) in [6.45, 7) is 2.15. The lowest BCUT2D eigenvalue weighted by Gasteiger charge is -2.08. The predicted molar refractivity (Wildman–Crippen MR) is 79.7 cm³/mol. The molecule has 2 N–H and O–H groups in total. The van der Waals surface area contributed by atoms with Crippen LogP contribution >= 0.6 is 11.6 Å². The summed E-state index contributed by atoms with van der Waals surface area (Å²) in [5.41, 5.74) is 1.13. The Morgan fingerprint density at radius 1 is 1.14 bits per heavy atom. The van der Waals surface area contributed by atoms with Crippen molar-refractivity contribution in [1.82, 2.24) is 15.5 Å². The lowest BCUT2D eigenvalue weighted by Crippen LogP contribution is -2.21. The van der Waals surface area contributed by atoms with Crippen LogP contribution in [-0.2, 0) is 0 Å². The van der Waals surface area contributed by atoms with Crippen molar-refractivity contribution in [2.75, 3.05) is 18.4 Å². The van der Waals surface area contributed by atoms with Crippen LogP contribution in [0.5, 0.6) is 0 Å². The molecule has 6 heteroatoms. The summed E-state index contributed by atoms with van der Waals surface area (Å²) in [4.78, 5) is 0. The Bertz CT molecular complexity index is 666. The van der Waals surface area contributed by atoms with Crippen molar-refractivity contribution < 1.29 is 4.39 Å². The number of benzene rings is 1. The molecule has 21 heavy (non-hydrogen) atoms. The van der Waals surface area contributed by atoms with Gasteiger partial charge < -0.3 is 10.6 Å². The van der Waals surface area contributed by atoms with Gasteiger partial charge in [-0.05, 0) is 42.2 Å². The monoisotopic (exact) mass is 304 g/mol. The van der Waals surface area contributed by atoms with Gasteiger partial charge in [0.05, 0.1) is 10.7 Å². The zero-order valence-electron chi connectivity index (χ0n) is 11.2. The van der Waals surface area contributed by atoms with Gasteiger partial charge in [-0.1, -0.05) is 11.6 Å². The average Bonchev–Trinajstić information content (AvgIpc) is 2.93. The summed E-state index contributed by atoms with van der Waals surface area (Å²) in [6, 6.07) is 8.41. The van der Waals surface area contributed by atoms with Crippen LogP contribution < -0.4 is 10.6 Å². The van der Waals surface area contributed by atoms with Crippen LogP contribution in [0.15, 0.2) is 30.3 Å². The average molecular weight is 305 g/mol. The summed E-state index contributed by atoms with van der Waals surface area (Å²) in [6.07, 6.45) is 0. The summed E-state index contributed by atoms with van der Waals surface area (Å²) in [5.74, 6) is 1.84. The number of nitrogens with zero attached hydrogens (tertiary/aromatic N) is 2. The third-order valence-electron chi connectivity index (χ3n) is 4.28. The second-order valence-electron chi connectivity index (χ2n) is 5.58. The molecule has 0 bridgehead atoms. The molecule has 1 aliphatic carbocycles. The lowest BCUT2D eigenvalue weighted by atomic mass is 10.1. The third-order valence-corrected chi connectivity index (χ3v) is 4.60. The molecule has 1 aromatic heterocycles. The largest absolute Gasteiger partial charge is 0.365 e. The van der Waals surface area contributed by atoms with Gasteiger partial charge in [0.15, 0.2) is 0 Å². The summed E-state index contributed by atoms with van der Waals surface area (Å²) in [5, 5.41) is 15.5. The molecule has 2 aliphatic rings. The number of hydrogen-bond donors (Lipinski definition) is 2. The van der Waals surface area contributed by atoms with Crippen LogP contribution in [0.3, 0.4) is 0 Å². The smallest absolute Gasteiger partial charge is 0.148 e.